The number of rotatable bonds is 4. The molecule has 0 aliphatic carbocycles. The van der Waals surface area contributed by atoms with Crippen molar-refractivity contribution in [2.24, 2.45) is 0 Å². The molecule has 4 heterocycles. The van der Waals surface area contributed by atoms with Crippen LogP contribution in [0.3, 0.4) is 0 Å². The molecule has 44 heavy (non-hydrogen) atoms. The van der Waals surface area contributed by atoms with Crippen molar-refractivity contribution >= 4 is 23.6 Å². The number of hydrogen-bond donors (Lipinski definition) is 0. The Hall–Kier alpha value is -4.25. The van der Waals surface area contributed by atoms with Gasteiger partial charge in [-0.3, -0.25) is 0 Å². The molecule has 246 valence electrons. The van der Waals surface area contributed by atoms with Gasteiger partial charge in [-0.05, 0) is 24.3 Å². The number of carbonyl (C=O) groups is 2. The first kappa shape index (κ1) is 41.9. The van der Waals surface area contributed by atoms with E-state index in [-0.39, 0.29) is 67.4 Å². The molecule has 6 N–H and O–H groups in total. The number of carbonyl (C=O) groups excluding carboxylic acids is 2. The second-order valence-corrected chi connectivity index (χ2v) is 11.5. The molecule has 2 aliphatic rings. The first-order valence-corrected chi connectivity index (χ1v) is 12.2. The van der Waals surface area contributed by atoms with Gasteiger partial charge in [0.2, 0.25) is 22.5 Å². The molecule has 0 atom stereocenters. The van der Waals surface area contributed by atoms with Gasteiger partial charge < -0.3 is 46.6 Å². The van der Waals surface area contributed by atoms with Crippen LogP contribution in [0.25, 0.3) is 0 Å². The first-order chi connectivity index (χ1) is 18.2. The molecule has 0 unspecified atom stereocenters. The van der Waals surface area contributed by atoms with Crippen molar-refractivity contribution in [3.63, 3.8) is 0 Å². The maximum absolute atomic E-state index is 12.4. The Morgan fingerprint density at radius 1 is 0.591 bits per heavy atom. The molecule has 0 saturated heterocycles. The minimum absolute atomic E-state index is 0. The summed E-state index contributed by atoms with van der Waals surface area (Å²) < 4.78 is 2.34. The number of amidine groups is 2. The van der Waals surface area contributed by atoms with E-state index in [1.807, 2.05) is 0 Å². The predicted molar refractivity (Wildman–Crippen MR) is 147 cm³/mol. The molecule has 0 radical (unpaired) electrons. The molecule has 4 rings (SSSR count). The second-order valence-electron chi connectivity index (χ2n) is 11.5. The SMILES string of the molecule is CC1(C)[N+](=O)C(c2cccc(C(=O)[O-])n2)=[N+]([O-])C1(C)C.CC1(C)[N+](=O)C(c2cccc(C(=O)[O-])n2)=[N+]([O-])C1(C)C.O.O.O.[Ni]. The Morgan fingerprint density at radius 3 is 1.07 bits per heavy atom. The van der Waals surface area contributed by atoms with Crippen LogP contribution < -0.4 is 10.2 Å². The number of carboxylic acid groups (broad SMARTS) is 2. The van der Waals surface area contributed by atoms with Crippen LogP contribution >= 0.6 is 0 Å². The van der Waals surface area contributed by atoms with Crippen molar-refractivity contribution in [3.05, 3.63) is 79.4 Å². The molecular weight excluding hydrogens is 631 g/mol. The summed E-state index contributed by atoms with van der Waals surface area (Å²) in [5.41, 5.74) is -4.47. The van der Waals surface area contributed by atoms with Gasteiger partial charge in [0.05, 0.1) is 23.3 Å². The third-order valence-electron chi connectivity index (χ3n) is 8.17. The molecule has 2 aliphatic heterocycles. The van der Waals surface area contributed by atoms with Crippen LogP contribution in [0.1, 0.15) is 87.8 Å². The standard InChI is InChI=1S/2C13H15N3O4.Ni.3H2O/c2*1-12(2)13(3,4)16(20)10(15(12)19)8-6-5-7-9(14-8)11(17)18;;;;/h2*5-7H,1-4H3;;3*1H2. The van der Waals surface area contributed by atoms with Crippen LogP contribution in [-0.4, -0.2) is 91.2 Å². The Kier molecular flexibility index (Phi) is 12.9. The molecule has 0 saturated carbocycles. The Morgan fingerprint density at radius 2 is 0.864 bits per heavy atom. The number of carboxylic acids is 2. The molecule has 18 heteroatoms. The third kappa shape index (κ3) is 6.33. The monoisotopic (exact) mass is 666 g/mol. The minimum atomic E-state index is -1.46. The summed E-state index contributed by atoms with van der Waals surface area (Å²) >= 11 is 0. The Bertz CT molecular complexity index is 1420. The molecule has 0 bridgehead atoms. The van der Waals surface area contributed by atoms with Crippen LogP contribution in [0.5, 0.6) is 0 Å². The van der Waals surface area contributed by atoms with Crippen molar-refractivity contribution in [1.82, 2.24) is 9.97 Å². The van der Waals surface area contributed by atoms with Gasteiger partial charge >= 0.3 is 11.7 Å². The number of hydrogen-bond acceptors (Lipinski definition) is 10. The molecule has 0 amide bonds. The maximum atomic E-state index is 12.4. The van der Waals surface area contributed by atoms with Gasteiger partial charge in [-0.15, -0.1) is 9.48 Å². The van der Waals surface area contributed by atoms with E-state index in [1.54, 1.807) is 55.4 Å². The normalized spacial score (nSPS) is 18.5. The molecular formula is C26H36N6NiO11. The van der Waals surface area contributed by atoms with E-state index in [4.69, 9.17) is 0 Å². The predicted octanol–water partition coefficient (Wildman–Crippen LogP) is -2.37. The van der Waals surface area contributed by atoms with Crippen molar-refractivity contribution in [3.8, 4) is 0 Å². The summed E-state index contributed by atoms with van der Waals surface area (Å²) in [5, 5.41) is 46.4. The third-order valence-corrected chi connectivity index (χ3v) is 8.17. The number of nitrogens with zero attached hydrogens (tertiary/aromatic N) is 6. The van der Waals surface area contributed by atoms with Gasteiger partial charge in [0.15, 0.2) is 0 Å². The van der Waals surface area contributed by atoms with Crippen LogP contribution in [0, 0.1) is 20.2 Å². The summed E-state index contributed by atoms with van der Waals surface area (Å²) in [6.07, 6.45) is 0. The quantitative estimate of drug-likeness (QED) is 0.190. The number of hydroxylamine groups is 2. The van der Waals surface area contributed by atoms with E-state index in [2.05, 4.69) is 9.97 Å². The fraction of sp³-hybridized carbons (Fsp3) is 0.462. The molecule has 2 aromatic heterocycles. The van der Waals surface area contributed by atoms with Gasteiger partial charge in [-0.1, -0.05) is 12.1 Å². The van der Waals surface area contributed by atoms with Gasteiger partial charge in [-0.2, -0.15) is 0 Å². The second kappa shape index (κ2) is 13.6. The van der Waals surface area contributed by atoms with Gasteiger partial charge in [0, 0.05) is 81.7 Å². The zero-order valence-electron chi connectivity index (χ0n) is 25.2. The van der Waals surface area contributed by atoms with Crippen molar-refractivity contribution in [2.45, 2.75) is 77.5 Å². The van der Waals surface area contributed by atoms with Crippen molar-refractivity contribution in [2.75, 3.05) is 0 Å². The zero-order chi connectivity index (χ0) is 30.6. The van der Waals surface area contributed by atoms with E-state index in [0.717, 1.165) is 0 Å². The number of nitroso groups, excluding NO2 is 2. The largest absolute Gasteiger partial charge is 0.618 e. The smallest absolute Gasteiger partial charge is 0.523 e. The fourth-order valence-corrected chi connectivity index (χ4v) is 3.98. The van der Waals surface area contributed by atoms with Crippen LogP contribution in [-0.2, 0) is 16.5 Å². The fourth-order valence-electron chi connectivity index (χ4n) is 3.98. The maximum Gasteiger partial charge on any atom is 0.523 e. The molecule has 0 aromatic carbocycles. The van der Waals surface area contributed by atoms with E-state index in [9.17, 15) is 40.0 Å². The average Bonchev–Trinajstić information content (AvgIpc) is 3.08. The zero-order valence-corrected chi connectivity index (χ0v) is 26.2. The Balaban J connectivity index is 0. The van der Waals surface area contributed by atoms with E-state index in [1.165, 1.54) is 36.4 Å². The van der Waals surface area contributed by atoms with Crippen molar-refractivity contribution in [1.29, 1.82) is 0 Å². The summed E-state index contributed by atoms with van der Waals surface area (Å²) in [6, 6.07) is 8.18. The van der Waals surface area contributed by atoms with Crippen LogP contribution in [0.4, 0.5) is 0 Å². The van der Waals surface area contributed by atoms with Gasteiger partial charge in [0.1, 0.15) is 9.52 Å². The topological polar surface area (TPSA) is 293 Å². The van der Waals surface area contributed by atoms with Crippen LogP contribution in [0.2, 0.25) is 0 Å². The molecule has 0 fully saturated rings. The van der Waals surface area contributed by atoms with E-state index >= 15 is 0 Å². The van der Waals surface area contributed by atoms with Gasteiger partial charge in [-0.25, -0.2) is 9.97 Å². The minimum Gasteiger partial charge on any atom is -0.618 e. The molecule has 0 spiro atoms. The summed E-state index contributed by atoms with van der Waals surface area (Å²) in [7, 11) is 0. The Labute approximate surface area is 262 Å². The average molecular weight is 667 g/mol. The molecule has 2 aromatic rings. The van der Waals surface area contributed by atoms with Gasteiger partial charge in [0.25, 0.3) is 11.1 Å². The van der Waals surface area contributed by atoms with Crippen molar-refractivity contribution < 1.29 is 71.7 Å². The number of pyridine rings is 2. The molecule has 17 nitrogen and oxygen atoms in total. The summed E-state index contributed by atoms with van der Waals surface area (Å²) in [4.78, 5) is 54.0. The van der Waals surface area contributed by atoms with Crippen LogP contribution in [0.15, 0.2) is 36.4 Å². The first-order valence-electron chi connectivity index (χ1n) is 12.2. The number of aromatic carboxylic acids is 2. The van der Waals surface area contributed by atoms with E-state index in [0.29, 0.717) is 19.0 Å². The van der Waals surface area contributed by atoms with E-state index < -0.39 is 34.1 Å². The summed E-state index contributed by atoms with van der Waals surface area (Å²) in [6.45, 7) is 13.2. The summed E-state index contributed by atoms with van der Waals surface area (Å²) in [5.74, 6) is -3.30. The number of aromatic nitrogens is 2.